The molecule has 0 aliphatic rings. The van der Waals surface area contributed by atoms with Crippen molar-refractivity contribution in [3.8, 4) is 0 Å². The van der Waals surface area contributed by atoms with Gasteiger partial charge in [-0.15, -0.1) is 24.9 Å². The molecule has 0 radical (unpaired) electrons. The molecule has 2 rings (SSSR count). The maximum atomic E-state index is 12.9. The second-order valence-electron chi connectivity index (χ2n) is 5.70. The Kier molecular flexibility index (Phi) is 6.46. The van der Waals surface area contributed by atoms with Gasteiger partial charge in [-0.3, -0.25) is 0 Å². The fourth-order valence-corrected chi connectivity index (χ4v) is 3.63. The van der Waals surface area contributed by atoms with Crippen LogP contribution in [0.2, 0.25) is 0 Å². The van der Waals surface area contributed by atoms with Crippen molar-refractivity contribution in [2.24, 2.45) is 0 Å². The number of thioether (sulfide) groups is 1. The van der Waals surface area contributed by atoms with Crippen molar-refractivity contribution in [3.05, 3.63) is 96.1 Å². The highest BCUT2D eigenvalue weighted by Crippen LogP contribution is 2.44. The molecule has 0 unspecified atom stereocenters. The maximum absolute atomic E-state index is 12.9. The molecule has 0 amide bonds. The van der Waals surface area contributed by atoms with E-state index in [9.17, 15) is 26.3 Å². The van der Waals surface area contributed by atoms with Crippen molar-refractivity contribution >= 4 is 11.8 Å². The number of alkyl halides is 6. The molecule has 0 spiro atoms. The highest BCUT2D eigenvalue weighted by atomic mass is 32.2. The Balaban J connectivity index is 2.32. The topological polar surface area (TPSA) is 0 Å². The quantitative estimate of drug-likeness (QED) is 0.354. The fraction of sp³-hybridized carbons (Fsp3) is 0.200. The molecule has 0 nitrogen and oxygen atoms in total. The van der Waals surface area contributed by atoms with Crippen molar-refractivity contribution in [1.82, 2.24) is 0 Å². The van der Waals surface area contributed by atoms with E-state index < -0.39 is 34.0 Å². The Morgan fingerprint density at radius 3 is 1.37 bits per heavy atom. The minimum absolute atomic E-state index is 0.364. The van der Waals surface area contributed by atoms with Crippen LogP contribution in [0.5, 0.6) is 0 Å². The summed E-state index contributed by atoms with van der Waals surface area (Å²) in [6, 6.07) is 9.61. The first-order valence-electron chi connectivity index (χ1n) is 7.81. The summed E-state index contributed by atoms with van der Waals surface area (Å²) in [5, 5.41) is -1.10. The smallest absolute Gasteiger partial charge is 0.166 e. The van der Waals surface area contributed by atoms with Crippen LogP contribution >= 0.6 is 11.8 Å². The van der Waals surface area contributed by atoms with Gasteiger partial charge in [-0.2, -0.15) is 26.3 Å². The molecule has 2 aromatic rings. The summed E-state index contributed by atoms with van der Waals surface area (Å²) in [4.78, 5) is 0. The van der Waals surface area contributed by atoms with Gasteiger partial charge in [0.25, 0.3) is 0 Å². The second-order valence-corrected chi connectivity index (χ2v) is 6.98. The van der Waals surface area contributed by atoms with E-state index in [1.165, 1.54) is 36.4 Å². The molecule has 0 aromatic heterocycles. The van der Waals surface area contributed by atoms with Gasteiger partial charge < -0.3 is 0 Å². The summed E-state index contributed by atoms with van der Waals surface area (Å²) < 4.78 is 77.6. The van der Waals surface area contributed by atoms with Crippen LogP contribution in [-0.4, -0.2) is 0 Å². The normalized spacial score (nSPS) is 14.4. The number of rotatable bonds is 6. The minimum Gasteiger partial charge on any atom is -0.166 e. The Morgan fingerprint density at radius 1 is 0.704 bits per heavy atom. The number of halogens is 6. The lowest BCUT2D eigenvalue weighted by atomic mass is 10.1. The second kappa shape index (κ2) is 8.25. The molecular weight excluding hydrogens is 386 g/mol. The molecule has 7 heteroatoms. The van der Waals surface area contributed by atoms with Crippen LogP contribution < -0.4 is 0 Å². The van der Waals surface area contributed by atoms with E-state index in [4.69, 9.17) is 0 Å². The van der Waals surface area contributed by atoms with E-state index in [0.717, 1.165) is 36.0 Å². The van der Waals surface area contributed by atoms with Crippen LogP contribution in [0.25, 0.3) is 0 Å². The molecule has 0 fully saturated rings. The van der Waals surface area contributed by atoms with Gasteiger partial charge >= 0.3 is 12.4 Å². The first-order chi connectivity index (χ1) is 12.6. The number of hydrogen-bond acceptors (Lipinski definition) is 1. The zero-order chi connectivity index (χ0) is 20.2. The summed E-state index contributed by atoms with van der Waals surface area (Å²) in [6.45, 7) is 7.30. The third-order valence-electron chi connectivity index (χ3n) is 3.81. The lowest BCUT2D eigenvalue weighted by molar-refractivity contribution is -0.138. The van der Waals surface area contributed by atoms with Gasteiger partial charge in [-0.25, -0.2) is 0 Å². The number of benzene rings is 2. The van der Waals surface area contributed by atoms with E-state index in [2.05, 4.69) is 13.2 Å². The summed E-state index contributed by atoms with van der Waals surface area (Å²) in [6.07, 6.45) is -6.04. The lowest BCUT2D eigenvalue weighted by Crippen LogP contribution is -2.07. The summed E-state index contributed by atoms with van der Waals surface area (Å²) in [7, 11) is 0. The van der Waals surface area contributed by atoms with E-state index in [-0.39, 0.29) is 0 Å². The Hall–Kier alpha value is -2.15. The fourth-order valence-electron chi connectivity index (χ4n) is 2.48. The first-order valence-corrected chi connectivity index (χ1v) is 8.75. The van der Waals surface area contributed by atoms with Gasteiger partial charge in [0, 0.05) is 10.5 Å². The predicted molar refractivity (Wildman–Crippen MR) is 96.4 cm³/mol. The molecule has 144 valence electrons. The molecule has 0 saturated heterocycles. The van der Waals surface area contributed by atoms with Crippen LogP contribution in [-0.2, 0) is 12.4 Å². The van der Waals surface area contributed by atoms with Gasteiger partial charge in [-0.05, 0) is 23.3 Å². The molecular formula is C20H16F6S. The zero-order valence-electron chi connectivity index (χ0n) is 14.0. The van der Waals surface area contributed by atoms with Crippen LogP contribution in [0.3, 0.4) is 0 Å². The Labute approximate surface area is 157 Å². The molecule has 0 aliphatic carbocycles. The van der Waals surface area contributed by atoms with Gasteiger partial charge in [0.05, 0.1) is 11.1 Å². The lowest BCUT2D eigenvalue weighted by Gasteiger charge is -2.21. The van der Waals surface area contributed by atoms with Gasteiger partial charge in [0.2, 0.25) is 0 Å². The van der Waals surface area contributed by atoms with Crippen molar-refractivity contribution in [1.29, 1.82) is 0 Å². The summed E-state index contributed by atoms with van der Waals surface area (Å²) >= 11 is 1.16. The van der Waals surface area contributed by atoms with Crippen LogP contribution in [0.15, 0.2) is 73.8 Å². The van der Waals surface area contributed by atoms with Gasteiger partial charge in [0.15, 0.2) is 0 Å². The van der Waals surface area contributed by atoms with Gasteiger partial charge in [0.1, 0.15) is 0 Å². The third-order valence-corrected chi connectivity index (χ3v) is 5.32. The van der Waals surface area contributed by atoms with Crippen LogP contribution in [0.4, 0.5) is 26.3 Å². The molecule has 0 heterocycles. The molecule has 0 saturated carbocycles. The summed E-state index contributed by atoms with van der Waals surface area (Å²) in [5.74, 6) is 0. The van der Waals surface area contributed by atoms with Crippen LogP contribution in [0, 0.1) is 0 Å². The maximum Gasteiger partial charge on any atom is 0.416 e. The van der Waals surface area contributed by atoms with E-state index in [0.29, 0.717) is 11.1 Å². The van der Waals surface area contributed by atoms with Crippen molar-refractivity contribution in [2.45, 2.75) is 22.9 Å². The molecule has 2 aromatic carbocycles. The van der Waals surface area contributed by atoms with E-state index in [1.807, 2.05) is 0 Å². The third kappa shape index (κ3) is 5.42. The standard InChI is InChI=1S/C20H16F6S/c1-3-17(13-7-5-9-15(11-13)19(21,22)23)27-18(4-2)14-8-6-10-16(12-14)20(24,25)26/h3-12,17-18H,1-2H2/t17-,18-/m1/s1. The Bertz CT molecular complexity index is 739. The highest BCUT2D eigenvalue weighted by Gasteiger charge is 2.32. The van der Waals surface area contributed by atoms with Crippen molar-refractivity contribution in [3.63, 3.8) is 0 Å². The molecule has 0 aliphatic heterocycles. The molecule has 27 heavy (non-hydrogen) atoms. The van der Waals surface area contributed by atoms with E-state index in [1.54, 1.807) is 0 Å². The zero-order valence-corrected chi connectivity index (χ0v) is 14.8. The van der Waals surface area contributed by atoms with Crippen molar-refractivity contribution in [2.75, 3.05) is 0 Å². The van der Waals surface area contributed by atoms with Gasteiger partial charge in [-0.1, -0.05) is 48.6 Å². The molecule has 2 atom stereocenters. The van der Waals surface area contributed by atoms with E-state index >= 15 is 0 Å². The highest BCUT2D eigenvalue weighted by molar-refractivity contribution is 8.00. The number of hydrogen-bond donors (Lipinski definition) is 0. The monoisotopic (exact) mass is 402 g/mol. The average Bonchev–Trinajstić information content (AvgIpc) is 2.61. The SMILES string of the molecule is C=C[C@@H](S[C@H](C=C)c1cccc(C(F)(F)F)c1)c1cccc(C(F)(F)F)c1. The predicted octanol–water partition coefficient (Wildman–Crippen LogP) is 7.61. The van der Waals surface area contributed by atoms with Crippen molar-refractivity contribution < 1.29 is 26.3 Å². The molecule has 0 bridgehead atoms. The first kappa shape index (κ1) is 21.2. The summed E-state index contributed by atoms with van der Waals surface area (Å²) in [5.41, 5.74) is -0.851. The largest absolute Gasteiger partial charge is 0.416 e. The Morgan fingerprint density at radius 2 is 1.07 bits per heavy atom. The molecule has 0 N–H and O–H groups in total. The minimum atomic E-state index is -4.48. The average molecular weight is 402 g/mol. The van der Waals surface area contributed by atoms with Crippen LogP contribution in [0.1, 0.15) is 32.8 Å².